The Labute approximate surface area is 355 Å². The number of ether oxygens (including phenoxy) is 4. The van der Waals surface area contributed by atoms with Crippen LogP contribution in [0, 0.1) is 0 Å². The Morgan fingerprint density at radius 1 is 0.542 bits per heavy atom. The van der Waals surface area contributed by atoms with Crippen LogP contribution in [-0.2, 0) is 23.7 Å². The van der Waals surface area contributed by atoms with Crippen molar-refractivity contribution in [1.82, 2.24) is 5.32 Å². The van der Waals surface area contributed by atoms with Gasteiger partial charge >= 0.3 is 0 Å². The molecule has 0 aromatic rings. The first-order valence-corrected chi connectivity index (χ1v) is 23.8. The predicted octanol–water partition coefficient (Wildman–Crippen LogP) is 5.05. The lowest BCUT2D eigenvalue weighted by molar-refractivity contribution is -0.359. The van der Waals surface area contributed by atoms with Gasteiger partial charge in [0.15, 0.2) is 12.6 Å². The van der Waals surface area contributed by atoms with E-state index in [2.05, 4.69) is 19.2 Å². The van der Waals surface area contributed by atoms with Gasteiger partial charge in [-0.2, -0.15) is 0 Å². The van der Waals surface area contributed by atoms with Crippen LogP contribution < -0.4 is 5.32 Å². The van der Waals surface area contributed by atoms with Gasteiger partial charge in [-0.15, -0.1) is 0 Å². The Bertz CT molecular complexity index is 1010. The number of hydrogen-bond donors (Lipinski definition) is 9. The summed E-state index contributed by atoms with van der Waals surface area (Å²) in [6, 6.07) is -0.819. The van der Waals surface area contributed by atoms with Crippen LogP contribution in [0.5, 0.6) is 0 Å². The molecule has 2 rings (SSSR count). The maximum absolute atomic E-state index is 13.1. The highest BCUT2D eigenvalue weighted by molar-refractivity contribution is 5.76. The van der Waals surface area contributed by atoms with Gasteiger partial charge in [-0.3, -0.25) is 4.79 Å². The summed E-state index contributed by atoms with van der Waals surface area (Å²) in [7, 11) is 0. The largest absolute Gasteiger partial charge is 0.394 e. The third-order valence-electron chi connectivity index (χ3n) is 12.1. The van der Waals surface area contributed by atoms with Crippen molar-refractivity contribution in [2.24, 2.45) is 0 Å². The van der Waals surface area contributed by atoms with E-state index >= 15 is 0 Å². The van der Waals surface area contributed by atoms with Gasteiger partial charge in [-0.05, 0) is 12.8 Å². The summed E-state index contributed by atoms with van der Waals surface area (Å²) in [6.45, 7) is 2.83. The molecule has 4 unspecified atom stereocenters. The molecule has 9 N–H and O–H groups in total. The fourth-order valence-electron chi connectivity index (χ4n) is 8.12. The summed E-state index contributed by atoms with van der Waals surface area (Å²) in [5.41, 5.74) is 0. The molecule has 14 heteroatoms. The summed E-state index contributed by atoms with van der Waals surface area (Å²) in [4.78, 5) is 13.1. The van der Waals surface area contributed by atoms with Gasteiger partial charge < -0.3 is 65.1 Å². The number of rotatable bonds is 36. The number of carbonyl (C=O) groups excluding carboxylic acids is 1. The zero-order valence-corrected chi connectivity index (χ0v) is 36.8. The van der Waals surface area contributed by atoms with E-state index in [9.17, 15) is 45.6 Å². The van der Waals surface area contributed by atoms with Gasteiger partial charge in [0.05, 0.1) is 32.0 Å². The Morgan fingerprint density at radius 2 is 0.966 bits per heavy atom. The monoisotopic (exact) mass is 850 g/mol. The molecule has 2 saturated heterocycles. The van der Waals surface area contributed by atoms with Gasteiger partial charge in [0.25, 0.3) is 0 Å². The number of unbranched alkanes of at least 4 members (excludes halogenated alkanes) is 23. The van der Waals surface area contributed by atoms with Crippen LogP contribution >= 0.6 is 0 Å². The van der Waals surface area contributed by atoms with Gasteiger partial charge in [0.2, 0.25) is 5.91 Å². The number of carbonyl (C=O) groups is 1. The van der Waals surface area contributed by atoms with E-state index in [1.807, 2.05) is 0 Å². The average molecular weight is 850 g/mol. The average Bonchev–Trinajstić information content (AvgIpc) is 3.23. The third kappa shape index (κ3) is 21.8. The molecule has 59 heavy (non-hydrogen) atoms. The smallest absolute Gasteiger partial charge is 0.220 e. The SMILES string of the molecule is CCCCCCCCCCCCCCCCCC(=O)N[C@@H](CO[C@@H]1O[C@H](CO)[C@@H](O[C@@H]2O[C@H](CO)[C@H](O)C(O)C2O)C(O)C1O)[C@H](O)CCCCCCCCCCCC. The van der Waals surface area contributed by atoms with Gasteiger partial charge in [0, 0.05) is 6.42 Å². The van der Waals surface area contributed by atoms with E-state index in [0.29, 0.717) is 12.8 Å². The van der Waals surface area contributed by atoms with E-state index < -0.39 is 86.8 Å². The second-order valence-electron chi connectivity index (χ2n) is 17.2. The first-order chi connectivity index (χ1) is 28.6. The molecular weight excluding hydrogens is 762 g/mol. The molecule has 0 bridgehead atoms. The van der Waals surface area contributed by atoms with Crippen molar-refractivity contribution in [3.8, 4) is 0 Å². The van der Waals surface area contributed by atoms with E-state index in [1.165, 1.54) is 109 Å². The lowest BCUT2D eigenvalue weighted by atomic mass is 9.97. The fraction of sp³-hybridized carbons (Fsp3) is 0.978. The molecule has 0 aromatic heterocycles. The maximum Gasteiger partial charge on any atom is 0.220 e. The zero-order valence-electron chi connectivity index (χ0n) is 36.8. The molecule has 0 radical (unpaired) electrons. The lowest BCUT2D eigenvalue weighted by Crippen LogP contribution is -2.65. The number of amides is 1. The third-order valence-corrected chi connectivity index (χ3v) is 12.1. The zero-order chi connectivity index (χ0) is 43.3. The molecule has 2 heterocycles. The first-order valence-electron chi connectivity index (χ1n) is 23.8. The topological polar surface area (TPSA) is 228 Å². The minimum Gasteiger partial charge on any atom is -0.394 e. The van der Waals surface area contributed by atoms with Crippen LogP contribution in [0.1, 0.15) is 187 Å². The molecule has 14 nitrogen and oxygen atoms in total. The van der Waals surface area contributed by atoms with E-state index in [-0.39, 0.29) is 12.5 Å². The van der Waals surface area contributed by atoms with E-state index in [4.69, 9.17) is 18.9 Å². The molecular formula is C45H87NO13. The normalized spacial score (nSPS) is 28.4. The first kappa shape index (κ1) is 54.1. The highest BCUT2D eigenvalue weighted by atomic mass is 16.7. The van der Waals surface area contributed by atoms with Crippen molar-refractivity contribution in [1.29, 1.82) is 0 Å². The van der Waals surface area contributed by atoms with Gasteiger partial charge in [-0.25, -0.2) is 0 Å². The minimum absolute atomic E-state index is 0.207. The highest BCUT2D eigenvalue weighted by Crippen LogP contribution is 2.30. The summed E-state index contributed by atoms with van der Waals surface area (Å²) >= 11 is 0. The predicted molar refractivity (Wildman–Crippen MR) is 226 cm³/mol. The van der Waals surface area contributed by atoms with Gasteiger partial charge in [0.1, 0.15) is 48.8 Å². The van der Waals surface area contributed by atoms with Crippen molar-refractivity contribution in [3.05, 3.63) is 0 Å². The number of aliphatic hydroxyl groups excluding tert-OH is 8. The molecule has 0 aromatic carbocycles. The lowest BCUT2D eigenvalue weighted by Gasteiger charge is -2.46. The fourth-order valence-corrected chi connectivity index (χ4v) is 8.12. The molecule has 0 aliphatic carbocycles. The summed E-state index contributed by atoms with van der Waals surface area (Å²) in [5.74, 6) is -0.207. The van der Waals surface area contributed by atoms with Crippen molar-refractivity contribution in [3.63, 3.8) is 0 Å². The summed E-state index contributed by atoms with van der Waals surface area (Å²) in [6.07, 6.45) is 14.0. The van der Waals surface area contributed by atoms with Crippen molar-refractivity contribution in [2.45, 2.75) is 261 Å². The Kier molecular flexibility index (Phi) is 30.8. The molecule has 12 atom stereocenters. The summed E-state index contributed by atoms with van der Waals surface area (Å²) in [5, 5.41) is 86.6. The molecule has 0 saturated carbocycles. The molecule has 2 aliphatic heterocycles. The quantitative estimate of drug-likeness (QED) is 0.0377. The Balaban J connectivity index is 1.85. The van der Waals surface area contributed by atoms with E-state index in [1.54, 1.807) is 0 Å². The van der Waals surface area contributed by atoms with Crippen LogP contribution in [0.2, 0.25) is 0 Å². The van der Waals surface area contributed by atoms with Crippen LogP contribution in [0.4, 0.5) is 0 Å². The molecule has 2 fully saturated rings. The Hall–Kier alpha value is -1.01. The van der Waals surface area contributed by atoms with Crippen LogP contribution in [0.25, 0.3) is 0 Å². The molecule has 2 aliphatic rings. The molecule has 1 amide bonds. The maximum atomic E-state index is 13.1. The molecule has 0 spiro atoms. The van der Waals surface area contributed by atoms with Crippen LogP contribution in [0.3, 0.4) is 0 Å². The second-order valence-corrected chi connectivity index (χ2v) is 17.2. The Morgan fingerprint density at radius 3 is 1.44 bits per heavy atom. The summed E-state index contributed by atoms with van der Waals surface area (Å²) < 4.78 is 22.7. The minimum atomic E-state index is -1.78. The number of nitrogens with one attached hydrogen (secondary N) is 1. The van der Waals surface area contributed by atoms with Gasteiger partial charge in [-0.1, -0.05) is 168 Å². The van der Waals surface area contributed by atoms with Crippen molar-refractivity contribution >= 4 is 5.91 Å². The highest BCUT2D eigenvalue weighted by Gasteiger charge is 2.51. The van der Waals surface area contributed by atoms with Crippen molar-refractivity contribution in [2.75, 3.05) is 19.8 Å². The molecule has 350 valence electrons. The van der Waals surface area contributed by atoms with Crippen molar-refractivity contribution < 1.29 is 64.6 Å². The number of aliphatic hydroxyl groups is 8. The van der Waals surface area contributed by atoms with Crippen LogP contribution in [-0.4, -0.2) is 140 Å². The van der Waals surface area contributed by atoms with Crippen LogP contribution in [0.15, 0.2) is 0 Å². The second kappa shape index (κ2) is 33.5. The number of hydrogen-bond acceptors (Lipinski definition) is 13. The standard InChI is InChI=1S/C45H87NO13/c1-3-5-7-9-11-13-15-16-17-18-19-21-23-25-27-29-37(50)46-33(34(49)28-26-24-22-20-14-12-10-8-6-4-2)32-56-44-42(55)40(53)43(36(31-48)58-44)59-45-41(54)39(52)38(51)35(30-47)57-45/h33-36,38-45,47-49,51-55H,3-32H2,1-2H3,(H,46,50)/t33-,34+,35+,36+,38-,39?,40?,41?,42?,43+,44+,45-/m0/s1. The van der Waals surface area contributed by atoms with E-state index in [0.717, 1.165) is 51.4 Å².